The Bertz CT molecular complexity index is 169. The highest BCUT2D eigenvalue weighted by molar-refractivity contribution is 5.02. The molecule has 0 saturated heterocycles. The van der Waals surface area contributed by atoms with Crippen LogP contribution in [0.25, 0.3) is 0 Å². The van der Waals surface area contributed by atoms with Gasteiger partial charge >= 0.3 is 0 Å². The second kappa shape index (κ2) is 4.93. The molecule has 0 atom stereocenters. The van der Waals surface area contributed by atoms with Gasteiger partial charge in [0.05, 0.1) is 0 Å². The van der Waals surface area contributed by atoms with Crippen molar-refractivity contribution in [2.45, 2.75) is 6.54 Å². The Morgan fingerprint density at radius 3 is 3.00 bits per heavy atom. The molecule has 0 bridgehead atoms. The van der Waals surface area contributed by atoms with Gasteiger partial charge in [-0.2, -0.15) is 0 Å². The summed E-state index contributed by atoms with van der Waals surface area (Å²) in [6.07, 6.45) is 1.94. The highest BCUT2D eigenvalue weighted by Gasteiger charge is 1.89. The summed E-state index contributed by atoms with van der Waals surface area (Å²) in [6.45, 7) is 2.95. The van der Waals surface area contributed by atoms with Crippen molar-refractivity contribution in [1.82, 2.24) is 15.6 Å². The van der Waals surface area contributed by atoms with Crippen LogP contribution >= 0.6 is 0 Å². The zero-order valence-electron chi connectivity index (χ0n) is 6.85. The Labute approximate surface area is 67.2 Å². The molecule has 1 rings (SSSR count). The fraction of sp³-hybridized carbons (Fsp3) is 0.500. The maximum absolute atomic E-state index is 3.29. The average Bonchev–Trinajstić information content (AvgIpc) is 2.50. The number of aromatic nitrogens is 1. The molecule has 62 valence electrons. The molecule has 1 aromatic heterocycles. The molecule has 0 saturated carbocycles. The predicted octanol–water partition coefficient (Wildman–Crippen LogP) is 0.324. The van der Waals surface area contributed by atoms with E-state index >= 15 is 0 Å². The predicted molar refractivity (Wildman–Crippen MR) is 46.4 cm³/mol. The largest absolute Gasteiger partial charge is 0.364 e. The lowest BCUT2D eigenvalue weighted by Gasteiger charge is -2.01. The summed E-state index contributed by atoms with van der Waals surface area (Å²) < 4.78 is 0. The molecule has 3 nitrogen and oxygen atoms in total. The molecule has 0 unspecified atom stereocenters. The molecule has 11 heavy (non-hydrogen) atoms. The first kappa shape index (κ1) is 8.30. The molecule has 0 aliphatic carbocycles. The molecule has 0 spiro atoms. The van der Waals surface area contributed by atoms with E-state index in [4.69, 9.17) is 0 Å². The van der Waals surface area contributed by atoms with Gasteiger partial charge in [0.25, 0.3) is 0 Å². The third-order valence-electron chi connectivity index (χ3n) is 1.53. The second-order valence-corrected chi connectivity index (χ2v) is 2.48. The molecular formula is C8H15N3. The number of likely N-dealkylation sites (N-methyl/N-ethyl adjacent to an activating group) is 1. The van der Waals surface area contributed by atoms with Gasteiger partial charge in [0.2, 0.25) is 0 Å². The molecule has 0 radical (unpaired) electrons. The summed E-state index contributed by atoms with van der Waals surface area (Å²) >= 11 is 0. The van der Waals surface area contributed by atoms with Gasteiger partial charge in [0.1, 0.15) is 0 Å². The molecule has 0 aliphatic rings. The summed E-state index contributed by atoms with van der Waals surface area (Å²) in [5.41, 5.74) is 1.24. The lowest BCUT2D eigenvalue weighted by atomic mass is 10.4. The van der Waals surface area contributed by atoms with Crippen LogP contribution in [-0.4, -0.2) is 25.1 Å². The van der Waals surface area contributed by atoms with Gasteiger partial charge in [0, 0.05) is 31.5 Å². The molecule has 3 N–H and O–H groups in total. The van der Waals surface area contributed by atoms with Gasteiger partial charge in [-0.1, -0.05) is 0 Å². The van der Waals surface area contributed by atoms with Gasteiger partial charge in [-0.3, -0.25) is 0 Å². The summed E-state index contributed by atoms with van der Waals surface area (Å²) in [7, 11) is 1.95. The SMILES string of the molecule is CNCCNCc1ccc[nH]1. The van der Waals surface area contributed by atoms with Crippen molar-refractivity contribution >= 4 is 0 Å². The molecule has 0 amide bonds. The van der Waals surface area contributed by atoms with E-state index in [9.17, 15) is 0 Å². The van der Waals surface area contributed by atoms with Crippen LogP contribution in [0, 0.1) is 0 Å². The number of hydrogen-bond acceptors (Lipinski definition) is 2. The van der Waals surface area contributed by atoms with E-state index in [0.717, 1.165) is 19.6 Å². The van der Waals surface area contributed by atoms with Crippen molar-refractivity contribution in [1.29, 1.82) is 0 Å². The fourth-order valence-electron chi connectivity index (χ4n) is 0.914. The first-order chi connectivity index (χ1) is 5.43. The van der Waals surface area contributed by atoms with Crippen LogP contribution in [0.1, 0.15) is 5.69 Å². The van der Waals surface area contributed by atoms with Crippen LogP contribution in [0.4, 0.5) is 0 Å². The molecule has 0 aromatic carbocycles. The maximum Gasteiger partial charge on any atom is 0.0357 e. The summed E-state index contributed by atoms with van der Waals surface area (Å²) in [4.78, 5) is 3.13. The topological polar surface area (TPSA) is 39.8 Å². The lowest BCUT2D eigenvalue weighted by molar-refractivity contribution is 0.644. The third-order valence-corrected chi connectivity index (χ3v) is 1.53. The number of H-pyrrole nitrogens is 1. The number of aromatic amines is 1. The molecule has 0 fully saturated rings. The second-order valence-electron chi connectivity index (χ2n) is 2.48. The quantitative estimate of drug-likeness (QED) is 0.533. The van der Waals surface area contributed by atoms with E-state index in [-0.39, 0.29) is 0 Å². The lowest BCUT2D eigenvalue weighted by Crippen LogP contribution is -2.24. The van der Waals surface area contributed by atoms with Crippen LogP contribution in [0.5, 0.6) is 0 Å². The van der Waals surface area contributed by atoms with E-state index in [1.807, 2.05) is 19.3 Å². The van der Waals surface area contributed by atoms with Crippen molar-refractivity contribution in [2.24, 2.45) is 0 Å². The van der Waals surface area contributed by atoms with Crippen molar-refractivity contribution in [2.75, 3.05) is 20.1 Å². The zero-order valence-corrected chi connectivity index (χ0v) is 6.85. The Morgan fingerprint density at radius 2 is 2.36 bits per heavy atom. The smallest absolute Gasteiger partial charge is 0.0357 e. The summed E-state index contributed by atoms with van der Waals surface area (Å²) in [6, 6.07) is 4.08. The van der Waals surface area contributed by atoms with Gasteiger partial charge < -0.3 is 15.6 Å². The highest BCUT2D eigenvalue weighted by Crippen LogP contribution is 1.91. The normalized spacial score (nSPS) is 10.3. The van der Waals surface area contributed by atoms with Gasteiger partial charge in [-0.25, -0.2) is 0 Å². The Hall–Kier alpha value is -0.800. The molecular weight excluding hydrogens is 138 g/mol. The van der Waals surface area contributed by atoms with Crippen molar-refractivity contribution in [3.8, 4) is 0 Å². The Kier molecular flexibility index (Phi) is 3.72. The Balaban J connectivity index is 2.04. The molecule has 0 aliphatic heterocycles. The monoisotopic (exact) mass is 153 g/mol. The van der Waals surface area contributed by atoms with E-state index < -0.39 is 0 Å². The molecule has 1 heterocycles. The van der Waals surface area contributed by atoms with Crippen LogP contribution < -0.4 is 10.6 Å². The molecule has 3 heteroatoms. The van der Waals surface area contributed by atoms with E-state index in [1.54, 1.807) is 0 Å². The third kappa shape index (κ3) is 3.20. The first-order valence-corrected chi connectivity index (χ1v) is 3.91. The van der Waals surface area contributed by atoms with E-state index in [2.05, 4.69) is 21.7 Å². The van der Waals surface area contributed by atoms with Gasteiger partial charge in [-0.15, -0.1) is 0 Å². The van der Waals surface area contributed by atoms with Crippen molar-refractivity contribution < 1.29 is 0 Å². The summed E-state index contributed by atoms with van der Waals surface area (Å²) in [5.74, 6) is 0. The van der Waals surface area contributed by atoms with Crippen molar-refractivity contribution in [3.63, 3.8) is 0 Å². The highest BCUT2D eigenvalue weighted by atomic mass is 14.9. The fourth-order valence-corrected chi connectivity index (χ4v) is 0.914. The van der Waals surface area contributed by atoms with Gasteiger partial charge in [0.15, 0.2) is 0 Å². The number of nitrogens with one attached hydrogen (secondary N) is 3. The summed E-state index contributed by atoms with van der Waals surface area (Å²) in [5, 5.41) is 6.37. The van der Waals surface area contributed by atoms with Crippen LogP contribution in [0.15, 0.2) is 18.3 Å². The zero-order chi connectivity index (χ0) is 7.94. The van der Waals surface area contributed by atoms with Gasteiger partial charge in [-0.05, 0) is 19.2 Å². The average molecular weight is 153 g/mol. The number of rotatable bonds is 5. The van der Waals surface area contributed by atoms with E-state index in [1.165, 1.54) is 5.69 Å². The van der Waals surface area contributed by atoms with Crippen LogP contribution in [0.2, 0.25) is 0 Å². The minimum absolute atomic E-state index is 0.925. The maximum atomic E-state index is 3.29. The van der Waals surface area contributed by atoms with Crippen LogP contribution in [-0.2, 0) is 6.54 Å². The first-order valence-electron chi connectivity index (χ1n) is 3.91. The van der Waals surface area contributed by atoms with Crippen molar-refractivity contribution in [3.05, 3.63) is 24.0 Å². The van der Waals surface area contributed by atoms with Crippen LogP contribution in [0.3, 0.4) is 0 Å². The minimum Gasteiger partial charge on any atom is -0.364 e. The standard InChI is InChI=1S/C8H15N3/c1-9-5-6-10-7-8-3-2-4-11-8/h2-4,9-11H,5-7H2,1H3. The minimum atomic E-state index is 0.925. The number of hydrogen-bond donors (Lipinski definition) is 3. The molecule has 1 aromatic rings. The van der Waals surface area contributed by atoms with E-state index in [0.29, 0.717) is 0 Å². The Morgan fingerprint density at radius 1 is 1.45 bits per heavy atom.